The number of halogens is 1. The number of primary amides is 1. The first-order chi connectivity index (χ1) is 11.1. The molecule has 0 saturated carbocycles. The van der Waals surface area contributed by atoms with Crippen molar-refractivity contribution < 1.29 is 18.3 Å². The topological polar surface area (TPSA) is 123 Å². The Morgan fingerprint density at radius 3 is 2.21 bits per heavy atom. The third-order valence-electron chi connectivity index (χ3n) is 3.81. The zero-order valence-electron chi connectivity index (χ0n) is 12.9. The van der Waals surface area contributed by atoms with E-state index in [9.17, 15) is 18.3 Å². The minimum absolute atomic E-state index is 0.101. The number of hydrogen-bond donors (Lipinski definition) is 3. The number of carbonyl (C=O) groups is 1. The SMILES string of the molecule is CCC(O)(C(N)=O)c1ccc(-c2cc(Cl)cc(S(N)(=O)=O)c2)cc1. The minimum Gasteiger partial charge on any atom is -0.375 e. The summed E-state index contributed by atoms with van der Waals surface area (Å²) in [6.45, 7) is 1.65. The number of carbonyl (C=O) groups excluding carboxylic acids is 1. The summed E-state index contributed by atoms with van der Waals surface area (Å²) in [4.78, 5) is 11.4. The summed E-state index contributed by atoms with van der Waals surface area (Å²) in [5.41, 5.74) is 5.05. The summed E-state index contributed by atoms with van der Waals surface area (Å²) in [5, 5.41) is 15.7. The maximum atomic E-state index is 11.5. The lowest BCUT2D eigenvalue weighted by Gasteiger charge is -2.23. The summed E-state index contributed by atoms with van der Waals surface area (Å²) >= 11 is 5.95. The van der Waals surface area contributed by atoms with Gasteiger partial charge < -0.3 is 10.8 Å². The van der Waals surface area contributed by atoms with Crippen molar-refractivity contribution in [2.75, 3.05) is 0 Å². The fraction of sp³-hybridized carbons (Fsp3) is 0.188. The Bertz CT molecular complexity index is 881. The van der Waals surface area contributed by atoms with E-state index in [0.717, 1.165) is 0 Å². The zero-order valence-corrected chi connectivity index (χ0v) is 14.4. The molecule has 128 valence electrons. The standard InChI is InChI=1S/C16H17ClN2O4S/c1-2-16(21,15(18)20)12-5-3-10(4-6-12)11-7-13(17)9-14(8-11)24(19,22)23/h3-9,21H,2H2,1H3,(H2,18,20)(H2,19,22,23). The maximum absolute atomic E-state index is 11.5. The van der Waals surface area contributed by atoms with Gasteiger partial charge in [0.2, 0.25) is 10.0 Å². The number of aliphatic hydroxyl groups is 1. The molecule has 1 amide bonds. The van der Waals surface area contributed by atoms with E-state index in [1.165, 1.54) is 12.1 Å². The van der Waals surface area contributed by atoms with Crippen LogP contribution in [0.1, 0.15) is 18.9 Å². The molecule has 0 bridgehead atoms. The molecule has 0 aromatic heterocycles. The molecule has 1 unspecified atom stereocenters. The lowest BCUT2D eigenvalue weighted by molar-refractivity contribution is -0.137. The van der Waals surface area contributed by atoms with E-state index in [0.29, 0.717) is 16.7 Å². The lowest BCUT2D eigenvalue weighted by atomic mass is 9.89. The Morgan fingerprint density at radius 1 is 1.17 bits per heavy atom. The normalized spacial score (nSPS) is 14.2. The summed E-state index contributed by atoms with van der Waals surface area (Å²) in [7, 11) is -3.89. The van der Waals surface area contributed by atoms with Crippen LogP contribution < -0.4 is 10.9 Å². The van der Waals surface area contributed by atoms with Crippen LogP contribution in [0.2, 0.25) is 5.02 Å². The van der Waals surface area contributed by atoms with Gasteiger partial charge in [-0.1, -0.05) is 42.8 Å². The van der Waals surface area contributed by atoms with Crippen LogP contribution in [0.25, 0.3) is 11.1 Å². The summed E-state index contributed by atoms with van der Waals surface area (Å²) < 4.78 is 23.0. The monoisotopic (exact) mass is 368 g/mol. The molecule has 5 N–H and O–H groups in total. The fourth-order valence-electron chi connectivity index (χ4n) is 2.35. The predicted octanol–water partition coefficient (Wildman–Crippen LogP) is 1.74. The predicted molar refractivity (Wildman–Crippen MR) is 91.6 cm³/mol. The number of sulfonamides is 1. The molecule has 0 saturated heterocycles. The third kappa shape index (κ3) is 3.59. The van der Waals surface area contributed by atoms with Crippen molar-refractivity contribution in [1.82, 2.24) is 0 Å². The summed E-state index contributed by atoms with van der Waals surface area (Å²) in [6, 6.07) is 10.6. The van der Waals surface area contributed by atoms with Gasteiger partial charge >= 0.3 is 0 Å². The molecular formula is C16H17ClN2O4S. The van der Waals surface area contributed by atoms with Crippen LogP contribution in [-0.4, -0.2) is 19.4 Å². The lowest BCUT2D eigenvalue weighted by Crippen LogP contribution is -2.40. The van der Waals surface area contributed by atoms with Crippen LogP contribution in [-0.2, 0) is 20.4 Å². The van der Waals surface area contributed by atoms with Crippen molar-refractivity contribution >= 4 is 27.5 Å². The summed E-state index contributed by atoms with van der Waals surface area (Å²) in [5.74, 6) is -0.836. The molecule has 2 rings (SSSR count). The second-order valence-electron chi connectivity index (χ2n) is 5.38. The average Bonchev–Trinajstić information content (AvgIpc) is 2.52. The van der Waals surface area contributed by atoms with E-state index >= 15 is 0 Å². The number of rotatable bonds is 5. The van der Waals surface area contributed by atoms with Gasteiger partial charge in [0.1, 0.15) is 0 Å². The summed E-state index contributed by atoms with van der Waals surface area (Å²) in [6.07, 6.45) is 0.133. The Labute approximate surface area is 145 Å². The molecule has 0 aliphatic carbocycles. The molecule has 0 aliphatic heterocycles. The number of hydrogen-bond acceptors (Lipinski definition) is 4. The van der Waals surface area contributed by atoms with E-state index in [1.54, 1.807) is 37.3 Å². The van der Waals surface area contributed by atoms with E-state index in [1.807, 2.05) is 0 Å². The first kappa shape index (κ1) is 18.4. The van der Waals surface area contributed by atoms with E-state index in [-0.39, 0.29) is 16.3 Å². The Morgan fingerprint density at radius 2 is 1.75 bits per heavy atom. The van der Waals surface area contributed by atoms with Crippen LogP contribution in [0.5, 0.6) is 0 Å². The Kier molecular flexibility index (Phi) is 5.00. The van der Waals surface area contributed by atoms with E-state index < -0.39 is 21.5 Å². The van der Waals surface area contributed by atoms with Gasteiger partial charge in [-0.2, -0.15) is 0 Å². The van der Waals surface area contributed by atoms with Crippen molar-refractivity contribution in [3.8, 4) is 11.1 Å². The molecule has 0 spiro atoms. The Hall–Kier alpha value is -1.93. The van der Waals surface area contributed by atoms with Gasteiger partial charge in [0, 0.05) is 5.02 Å². The minimum atomic E-state index is -3.89. The van der Waals surface area contributed by atoms with Crippen molar-refractivity contribution in [2.24, 2.45) is 10.9 Å². The molecule has 0 heterocycles. The van der Waals surface area contributed by atoms with Crippen LogP contribution in [0.15, 0.2) is 47.4 Å². The van der Waals surface area contributed by atoms with Gasteiger partial charge in [0.15, 0.2) is 5.60 Å². The molecule has 0 aliphatic rings. The van der Waals surface area contributed by atoms with Gasteiger partial charge in [-0.3, -0.25) is 4.79 Å². The van der Waals surface area contributed by atoms with Crippen molar-refractivity contribution in [1.29, 1.82) is 0 Å². The second kappa shape index (κ2) is 6.52. The van der Waals surface area contributed by atoms with Crippen molar-refractivity contribution in [3.05, 3.63) is 53.1 Å². The van der Waals surface area contributed by atoms with E-state index in [4.69, 9.17) is 22.5 Å². The highest BCUT2D eigenvalue weighted by Crippen LogP contribution is 2.30. The van der Waals surface area contributed by atoms with Gasteiger partial charge in [-0.05, 0) is 41.3 Å². The zero-order chi connectivity index (χ0) is 18.1. The number of primary sulfonamides is 1. The van der Waals surface area contributed by atoms with E-state index in [2.05, 4.69) is 0 Å². The van der Waals surface area contributed by atoms with Gasteiger partial charge in [0.05, 0.1) is 4.90 Å². The molecule has 0 fully saturated rings. The Balaban J connectivity index is 2.49. The maximum Gasteiger partial charge on any atom is 0.254 e. The highest BCUT2D eigenvalue weighted by atomic mass is 35.5. The largest absolute Gasteiger partial charge is 0.375 e. The molecule has 8 heteroatoms. The average molecular weight is 369 g/mol. The fourth-order valence-corrected chi connectivity index (χ4v) is 3.23. The van der Waals surface area contributed by atoms with Crippen LogP contribution in [0.4, 0.5) is 0 Å². The molecule has 0 radical (unpaired) electrons. The van der Waals surface area contributed by atoms with Crippen LogP contribution in [0, 0.1) is 0 Å². The van der Waals surface area contributed by atoms with Crippen molar-refractivity contribution in [2.45, 2.75) is 23.8 Å². The number of nitrogens with two attached hydrogens (primary N) is 2. The second-order valence-corrected chi connectivity index (χ2v) is 7.37. The molecule has 1 atom stereocenters. The number of benzene rings is 2. The molecule has 2 aromatic rings. The van der Waals surface area contributed by atoms with Gasteiger partial charge in [0.25, 0.3) is 5.91 Å². The molecule has 2 aromatic carbocycles. The third-order valence-corrected chi connectivity index (χ3v) is 4.93. The highest BCUT2D eigenvalue weighted by molar-refractivity contribution is 7.89. The molecular weight excluding hydrogens is 352 g/mol. The first-order valence-corrected chi connectivity index (χ1v) is 8.97. The van der Waals surface area contributed by atoms with Crippen LogP contribution >= 0.6 is 11.6 Å². The van der Waals surface area contributed by atoms with Crippen LogP contribution in [0.3, 0.4) is 0 Å². The number of amides is 1. The quantitative estimate of drug-likeness (QED) is 0.743. The van der Waals surface area contributed by atoms with Gasteiger partial charge in [-0.15, -0.1) is 0 Å². The highest BCUT2D eigenvalue weighted by Gasteiger charge is 2.33. The molecule has 24 heavy (non-hydrogen) atoms. The first-order valence-electron chi connectivity index (χ1n) is 7.04. The van der Waals surface area contributed by atoms with Gasteiger partial charge in [-0.25, -0.2) is 13.6 Å². The molecule has 6 nitrogen and oxygen atoms in total. The van der Waals surface area contributed by atoms with Crippen molar-refractivity contribution in [3.63, 3.8) is 0 Å². The smallest absolute Gasteiger partial charge is 0.254 e.